The van der Waals surface area contributed by atoms with Gasteiger partial charge >= 0.3 is 0 Å². The molecule has 1 unspecified atom stereocenters. The zero-order valence-corrected chi connectivity index (χ0v) is 15.0. The van der Waals surface area contributed by atoms with Crippen LogP contribution >= 0.6 is 0 Å². The molecule has 1 N–H and O–H groups in total. The summed E-state index contributed by atoms with van der Waals surface area (Å²) >= 11 is 0. The Morgan fingerprint density at radius 3 is 2.12 bits per heavy atom. The maximum absolute atomic E-state index is 13.0. The molecule has 1 atom stereocenters. The smallest absolute Gasteiger partial charge is 0.257 e. The largest absolute Gasteiger partial charge is 0.369 e. The van der Waals surface area contributed by atoms with Gasteiger partial charge in [0.05, 0.1) is 5.54 Å². The lowest BCUT2D eigenvalue weighted by molar-refractivity contribution is -0.0305. The van der Waals surface area contributed by atoms with Crippen molar-refractivity contribution in [1.29, 1.82) is 0 Å². The van der Waals surface area contributed by atoms with Gasteiger partial charge in [-0.05, 0) is 42.5 Å². The van der Waals surface area contributed by atoms with E-state index in [-0.39, 0.29) is 11.3 Å². The number of rotatable bonds is 2. The molecule has 126 valence electrons. The average molecular weight is 323 g/mol. The second kappa shape index (κ2) is 5.45. The topological polar surface area (TPSA) is 40.5 Å². The molecule has 0 aliphatic carbocycles. The second-order valence-electron chi connectivity index (χ2n) is 8.03. The lowest BCUT2D eigenvalue weighted by atomic mass is 9.85. The number of carbonyl (C=O) groups excluding carboxylic acids is 1. The molecular weight excluding hydrogens is 298 g/mol. The Labute approximate surface area is 143 Å². The summed E-state index contributed by atoms with van der Waals surface area (Å²) in [4.78, 5) is 14.5. The van der Waals surface area contributed by atoms with Crippen LogP contribution in [0.15, 0.2) is 48.5 Å². The zero-order chi connectivity index (χ0) is 17.7. The van der Waals surface area contributed by atoms with Gasteiger partial charge in [-0.3, -0.25) is 9.69 Å². The summed E-state index contributed by atoms with van der Waals surface area (Å²) in [5, 5.41) is 10.9. The number of fused-ring (bicyclic) bond motifs is 1. The molecule has 0 saturated carbocycles. The Hall–Kier alpha value is -2.13. The predicted octanol–water partition coefficient (Wildman–Crippen LogP) is 4.37. The molecule has 0 saturated heterocycles. The first-order chi connectivity index (χ1) is 11.1. The molecule has 3 heteroatoms. The van der Waals surface area contributed by atoms with Crippen LogP contribution in [-0.4, -0.2) is 15.9 Å². The van der Waals surface area contributed by atoms with Crippen molar-refractivity contribution in [3.8, 4) is 0 Å². The molecule has 1 aliphatic rings. The molecule has 0 bridgehead atoms. The van der Waals surface area contributed by atoms with Crippen LogP contribution < -0.4 is 0 Å². The van der Waals surface area contributed by atoms with E-state index in [1.54, 1.807) is 4.90 Å². The minimum atomic E-state index is -0.926. The summed E-state index contributed by atoms with van der Waals surface area (Å²) in [7, 11) is 0. The molecule has 1 aliphatic heterocycles. The molecular formula is C21H25NO2. The molecule has 3 rings (SSSR count). The van der Waals surface area contributed by atoms with Gasteiger partial charge in [0.25, 0.3) is 5.91 Å². The Morgan fingerprint density at radius 1 is 0.917 bits per heavy atom. The fraction of sp³-hybridized carbons (Fsp3) is 0.381. The molecule has 3 nitrogen and oxygen atoms in total. The second-order valence-corrected chi connectivity index (χ2v) is 8.03. The normalized spacial score (nSPS) is 18.0. The first-order valence-corrected chi connectivity index (χ1v) is 8.36. The van der Waals surface area contributed by atoms with Crippen molar-refractivity contribution in [3.05, 3.63) is 70.8 Å². The van der Waals surface area contributed by atoms with Crippen molar-refractivity contribution in [2.24, 2.45) is 0 Å². The minimum absolute atomic E-state index is 0.0276. The van der Waals surface area contributed by atoms with Crippen LogP contribution in [0.2, 0.25) is 0 Å². The van der Waals surface area contributed by atoms with Crippen LogP contribution in [0.5, 0.6) is 0 Å². The van der Waals surface area contributed by atoms with Crippen molar-refractivity contribution < 1.29 is 9.90 Å². The van der Waals surface area contributed by atoms with E-state index in [2.05, 4.69) is 20.8 Å². The van der Waals surface area contributed by atoms with Crippen LogP contribution in [0, 0.1) is 0 Å². The number of hydrogen-bond donors (Lipinski definition) is 1. The minimum Gasteiger partial charge on any atom is -0.369 e. The predicted molar refractivity (Wildman–Crippen MR) is 95.7 cm³/mol. The highest BCUT2D eigenvalue weighted by Crippen LogP contribution is 2.42. The summed E-state index contributed by atoms with van der Waals surface area (Å²) in [6.07, 6.45) is -0.926. The molecule has 24 heavy (non-hydrogen) atoms. The number of aliphatic hydroxyl groups excluding tert-OH is 1. The molecule has 2 aromatic carbocycles. The quantitative estimate of drug-likeness (QED) is 0.891. The standard InChI is InChI=1S/C21H25NO2/c1-20(2,3)15-11-12-16-17(13-15)19(24)22(18(16)23)21(4,5)14-9-7-6-8-10-14/h6-13,19,24H,1-5H3. The van der Waals surface area contributed by atoms with E-state index in [1.165, 1.54) is 0 Å². The lowest BCUT2D eigenvalue weighted by Gasteiger charge is -2.38. The van der Waals surface area contributed by atoms with Crippen LogP contribution in [0.3, 0.4) is 0 Å². The molecule has 0 aromatic heterocycles. The van der Waals surface area contributed by atoms with Gasteiger partial charge in [-0.15, -0.1) is 0 Å². The van der Waals surface area contributed by atoms with E-state index in [0.717, 1.165) is 11.1 Å². The van der Waals surface area contributed by atoms with Crippen LogP contribution in [0.25, 0.3) is 0 Å². The van der Waals surface area contributed by atoms with Crippen molar-refractivity contribution in [1.82, 2.24) is 4.90 Å². The highest BCUT2D eigenvalue weighted by Gasteiger charge is 2.44. The third kappa shape index (κ3) is 2.53. The van der Waals surface area contributed by atoms with Gasteiger partial charge in [0.15, 0.2) is 6.23 Å². The van der Waals surface area contributed by atoms with Gasteiger partial charge in [-0.2, -0.15) is 0 Å². The fourth-order valence-electron chi connectivity index (χ4n) is 3.36. The van der Waals surface area contributed by atoms with Crippen LogP contribution in [0.1, 0.15) is 67.9 Å². The maximum Gasteiger partial charge on any atom is 0.257 e. The average Bonchev–Trinajstić information content (AvgIpc) is 2.79. The number of hydrogen-bond acceptors (Lipinski definition) is 2. The molecule has 1 amide bonds. The number of aliphatic hydroxyl groups is 1. The van der Waals surface area contributed by atoms with Crippen molar-refractivity contribution in [2.45, 2.75) is 51.8 Å². The van der Waals surface area contributed by atoms with Gasteiger partial charge in [0.1, 0.15) is 0 Å². The van der Waals surface area contributed by atoms with Gasteiger partial charge in [-0.25, -0.2) is 0 Å². The number of carbonyl (C=O) groups is 1. The Balaban J connectivity index is 2.06. The molecule has 2 aromatic rings. The van der Waals surface area contributed by atoms with Gasteiger partial charge in [0.2, 0.25) is 0 Å². The summed E-state index contributed by atoms with van der Waals surface area (Å²) in [6, 6.07) is 15.6. The summed E-state index contributed by atoms with van der Waals surface area (Å²) in [5.74, 6) is -0.119. The Kier molecular flexibility index (Phi) is 3.80. The van der Waals surface area contributed by atoms with E-state index in [4.69, 9.17) is 0 Å². The SMILES string of the molecule is CC(C)(C)c1ccc2c(c1)C(O)N(C(C)(C)c1ccccc1)C2=O. The first-order valence-electron chi connectivity index (χ1n) is 8.36. The summed E-state index contributed by atoms with van der Waals surface area (Å²) in [6.45, 7) is 10.3. The van der Waals surface area contributed by atoms with Crippen LogP contribution in [-0.2, 0) is 11.0 Å². The zero-order valence-electron chi connectivity index (χ0n) is 15.0. The summed E-state index contributed by atoms with van der Waals surface area (Å²) in [5.41, 5.74) is 2.79. The van der Waals surface area contributed by atoms with E-state index in [9.17, 15) is 9.90 Å². The first kappa shape index (κ1) is 16.7. The number of amides is 1. The fourth-order valence-corrected chi connectivity index (χ4v) is 3.36. The van der Waals surface area contributed by atoms with Gasteiger partial charge in [-0.1, -0.05) is 57.2 Å². The number of benzene rings is 2. The molecule has 0 spiro atoms. The third-order valence-electron chi connectivity index (χ3n) is 4.97. The summed E-state index contributed by atoms with van der Waals surface area (Å²) < 4.78 is 0. The molecule has 0 radical (unpaired) electrons. The van der Waals surface area contributed by atoms with E-state index < -0.39 is 11.8 Å². The molecule has 0 fully saturated rings. The van der Waals surface area contributed by atoms with Gasteiger partial charge < -0.3 is 5.11 Å². The van der Waals surface area contributed by atoms with Gasteiger partial charge in [0, 0.05) is 11.1 Å². The Bertz CT molecular complexity index is 772. The van der Waals surface area contributed by atoms with Crippen molar-refractivity contribution in [2.75, 3.05) is 0 Å². The van der Waals surface area contributed by atoms with E-state index in [1.807, 2.05) is 62.4 Å². The Morgan fingerprint density at radius 2 is 1.54 bits per heavy atom. The van der Waals surface area contributed by atoms with E-state index in [0.29, 0.717) is 11.1 Å². The number of nitrogens with zero attached hydrogens (tertiary/aromatic N) is 1. The highest BCUT2D eigenvalue weighted by molar-refractivity contribution is 5.99. The van der Waals surface area contributed by atoms with E-state index >= 15 is 0 Å². The highest BCUT2D eigenvalue weighted by atomic mass is 16.3. The monoisotopic (exact) mass is 323 g/mol. The van der Waals surface area contributed by atoms with Crippen molar-refractivity contribution in [3.63, 3.8) is 0 Å². The van der Waals surface area contributed by atoms with Crippen molar-refractivity contribution >= 4 is 5.91 Å². The third-order valence-corrected chi connectivity index (χ3v) is 4.97. The molecule has 1 heterocycles. The lowest BCUT2D eigenvalue weighted by Crippen LogP contribution is -2.44. The maximum atomic E-state index is 13.0. The van der Waals surface area contributed by atoms with Crippen LogP contribution in [0.4, 0.5) is 0 Å².